The third-order valence-corrected chi connectivity index (χ3v) is 7.32. The van der Waals surface area contributed by atoms with Crippen molar-refractivity contribution in [2.24, 2.45) is 5.92 Å². The number of amides is 5. The largest absolute Gasteiger partial charge is 0.479 e. The fourth-order valence-electron chi connectivity index (χ4n) is 4.52. The molecule has 0 bridgehead atoms. The summed E-state index contributed by atoms with van der Waals surface area (Å²) in [6.45, 7) is 4.40. The first-order valence-corrected chi connectivity index (χ1v) is 15.6. The van der Waals surface area contributed by atoms with Gasteiger partial charge in [0.2, 0.25) is 24.0 Å². The second-order valence-corrected chi connectivity index (χ2v) is 11.6. The van der Waals surface area contributed by atoms with Gasteiger partial charge in [-0.25, -0.2) is 4.79 Å². The Bertz CT molecular complexity index is 1510. The van der Waals surface area contributed by atoms with Gasteiger partial charge >= 0.3 is 11.9 Å². The average Bonchev–Trinajstić information content (AvgIpc) is 3.38. The highest BCUT2D eigenvalue weighted by molar-refractivity contribution is 6.13. The molecule has 50 heavy (non-hydrogen) atoms. The summed E-state index contributed by atoms with van der Waals surface area (Å²) in [5.74, 6) is -5.37. The number of aliphatic hydroxyl groups excluding tert-OH is 3. The predicted molar refractivity (Wildman–Crippen MR) is 171 cm³/mol. The Hall–Kier alpha value is -5.17. The van der Waals surface area contributed by atoms with Gasteiger partial charge in [-0.15, -0.1) is 0 Å². The topological polar surface area (TPSA) is 267 Å². The molecule has 0 saturated carbocycles. The van der Waals surface area contributed by atoms with E-state index in [1.54, 1.807) is 26.0 Å². The minimum atomic E-state index is -1.95. The van der Waals surface area contributed by atoms with Crippen molar-refractivity contribution in [2.75, 3.05) is 25.0 Å². The molecule has 0 aromatic heterocycles. The van der Waals surface area contributed by atoms with Gasteiger partial charge in [-0.2, -0.15) is 0 Å². The van der Waals surface area contributed by atoms with Gasteiger partial charge in [-0.05, 0) is 30.7 Å². The Balaban J connectivity index is 1.62. The highest BCUT2D eigenvalue weighted by Gasteiger charge is 2.48. The van der Waals surface area contributed by atoms with Gasteiger partial charge in [0.05, 0.1) is 11.6 Å². The molecule has 2 aliphatic heterocycles. The van der Waals surface area contributed by atoms with Gasteiger partial charge < -0.3 is 50.6 Å². The lowest BCUT2D eigenvalue weighted by molar-refractivity contribution is -0.271. The Kier molecular flexibility index (Phi) is 14.1. The van der Waals surface area contributed by atoms with Crippen molar-refractivity contribution in [2.45, 2.75) is 70.4 Å². The molecule has 0 radical (unpaired) electrons. The molecule has 272 valence electrons. The molecule has 0 aliphatic carbocycles. The maximum absolute atomic E-state index is 12.9. The number of hydrogen-bond donors (Lipinski definition) is 7. The van der Waals surface area contributed by atoms with Crippen molar-refractivity contribution in [3.63, 3.8) is 0 Å². The molecule has 18 heteroatoms. The Morgan fingerprint density at radius 2 is 1.64 bits per heavy atom. The van der Waals surface area contributed by atoms with Gasteiger partial charge in [-0.1, -0.05) is 26.0 Å². The number of anilines is 1. The van der Waals surface area contributed by atoms with Gasteiger partial charge in [0.25, 0.3) is 11.8 Å². The molecule has 6 atom stereocenters. The number of esters is 1. The van der Waals surface area contributed by atoms with E-state index < -0.39 is 78.2 Å². The first-order valence-electron chi connectivity index (χ1n) is 15.6. The zero-order valence-electron chi connectivity index (χ0n) is 27.4. The van der Waals surface area contributed by atoms with Crippen LogP contribution in [0.15, 0.2) is 36.4 Å². The number of imide groups is 1. The van der Waals surface area contributed by atoms with Crippen molar-refractivity contribution in [1.82, 2.24) is 15.5 Å². The van der Waals surface area contributed by atoms with E-state index >= 15 is 0 Å². The average molecular weight is 705 g/mol. The molecule has 0 unspecified atom stereocenters. The van der Waals surface area contributed by atoms with Crippen molar-refractivity contribution in [1.29, 1.82) is 0 Å². The van der Waals surface area contributed by atoms with Crippen molar-refractivity contribution < 1.29 is 68.2 Å². The molecule has 18 nitrogen and oxygen atoms in total. The Morgan fingerprint density at radius 3 is 2.28 bits per heavy atom. The van der Waals surface area contributed by atoms with Crippen LogP contribution in [-0.4, -0.2) is 123 Å². The van der Waals surface area contributed by atoms with Crippen LogP contribution < -0.4 is 20.7 Å². The fraction of sp³-hybridized carbons (Fsp3) is 0.469. The lowest BCUT2D eigenvalue weighted by Crippen LogP contribution is -2.61. The second kappa shape index (κ2) is 18.0. The highest BCUT2D eigenvalue weighted by Crippen LogP contribution is 2.31. The smallest absolute Gasteiger partial charge is 0.335 e. The van der Waals surface area contributed by atoms with E-state index in [0.29, 0.717) is 5.56 Å². The molecule has 5 amide bonds. The quantitative estimate of drug-likeness (QED) is 0.0758. The summed E-state index contributed by atoms with van der Waals surface area (Å²) in [5, 5.41) is 47.4. The number of benzene rings is 1. The molecular weight excluding hydrogens is 664 g/mol. The number of ether oxygens (including phenoxy) is 3. The van der Waals surface area contributed by atoms with E-state index in [-0.39, 0.29) is 49.9 Å². The number of carbonyl (C=O) groups excluding carboxylic acids is 6. The van der Waals surface area contributed by atoms with Crippen LogP contribution in [0.4, 0.5) is 5.69 Å². The lowest BCUT2D eigenvalue weighted by atomic mass is 9.99. The zero-order valence-corrected chi connectivity index (χ0v) is 27.4. The zero-order chi connectivity index (χ0) is 37.1. The van der Waals surface area contributed by atoms with E-state index in [4.69, 9.17) is 14.2 Å². The molecule has 1 aromatic rings. The molecule has 3 rings (SSSR count). The van der Waals surface area contributed by atoms with Gasteiger partial charge in [0.15, 0.2) is 6.10 Å². The number of aliphatic hydroxyl groups is 3. The van der Waals surface area contributed by atoms with Crippen molar-refractivity contribution in [3.05, 3.63) is 42.0 Å². The van der Waals surface area contributed by atoms with E-state index in [9.17, 15) is 54.0 Å². The van der Waals surface area contributed by atoms with E-state index in [2.05, 4.69) is 16.0 Å². The normalized spacial score (nSPS) is 22.4. The van der Waals surface area contributed by atoms with Crippen LogP contribution in [0, 0.1) is 5.92 Å². The minimum absolute atomic E-state index is 0.0109. The van der Waals surface area contributed by atoms with Crippen LogP contribution >= 0.6 is 0 Å². The summed E-state index contributed by atoms with van der Waals surface area (Å²) in [4.78, 5) is 85.0. The number of carboxylic acid groups (broad SMARTS) is 1. The van der Waals surface area contributed by atoms with Crippen LogP contribution in [0.5, 0.6) is 5.75 Å². The molecule has 7 N–H and O–H groups in total. The third kappa shape index (κ3) is 10.9. The number of nitrogens with one attached hydrogen (secondary N) is 3. The monoisotopic (exact) mass is 704 g/mol. The number of rotatable bonds is 16. The van der Waals surface area contributed by atoms with Crippen LogP contribution in [0.2, 0.25) is 0 Å². The summed E-state index contributed by atoms with van der Waals surface area (Å²) in [6.07, 6.45) is -4.65. The van der Waals surface area contributed by atoms with Gasteiger partial charge in [0, 0.05) is 38.1 Å². The van der Waals surface area contributed by atoms with Crippen molar-refractivity contribution >= 4 is 53.2 Å². The number of hydrogen-bond acceptors (Lipinski definition) is 13. The van der Waals surface area contributed by atoms with Crippen molar-refractivity contribution in [3.8, 4) is 5.75 Å². The number of nitrogens with zero attached hydrogens (tertiary/aromatic N) is 1. The second-order valence-electron chi connectivity index (χ2n) is 11.6. The molecular formula is C32H40N4O14. The maximum atomic E-state index is 12.9. The minimum Gasteiger partial charge on any atom is -0.479 e. The molecule has 1 saturated heterocycles. The van der Waals surface area contributed by atoms with E-state index in [1.807, 2.05) is 0 Å². The summed E-state index contributed by atoms with van der Waals surface area (Å²) < 4.78 is 15.9. The Labute approximate surface area is 286 Å². The SMILES string of the molecule is CC(C)C(=O)OC/C=C/c1ccc(O[C@@H]2O[C@H](C(=O)O)[C@@H](O)[C@H](O)[C@H]2O)c(NC(=O)CCNC(=O)[C@H](C)NC(=O)CCN2C(=O)C=CC2=O)c1. The summed E-state index contributed by atoms with van der Waals surface area (Å²) >= 11 is 0. The third-order valence-electron chi connectivity index (χ3n) is 7.32. The summed E-state index contributed by atoms with van der Waals surface area (Å²) in [6, 6.07) is 3.31. The first-order chi connectivity index (χ1) is 23.6. The molecule has 2 heterocycles. The van der Waals surface area contributed by atoms with Crippen LogP contribution in [0.1, 0.15) is 39.2 Å². The molecule has 0 spiro atoms. The number of carboxylic acids is 1. The van der Waals surface area contributed by atoms with Crippen LogP contribution in [-0.2, 0) is 43.0 Å². The predicted octanol–water partition coefficient (Wildman–Crippen LogP) is -1.57. The number of aliphatic carboxylic acids is 1. The standard InChI is InChI=1S/C32H40N4O14/c1-16(2)31(47)48-14-4-5-18-6-7-20(49-32-27(43)25(41)26(42)28(50-32)30(45)46)19(15-18)35-21(37)10-12-33-29(44)17(3)34-22(38)11-13-36-23(39)8-9-24(36)40/h4-9,15-17,25-28,32,41-43H,10-14H2,1-3H3,(H,33,44)(H,34,38)(H,35,37)(H,45,46)/b5-4+/t17-,25-,26-,27+,28-,32+/m0/s1. The summed E-state index contributed by atoms with van der Waals surface area (Å²) in [5.41, 5.74) is 0.501. The van der Waals surface area contributed by atoms with Crippen LogP contribution in [0.3, 0.4) is 0 Å². The first kappa shape index (κ1) is 39.3. The molecule has 2 aliphatic rings. The summed E-state index contributed by atoms with van der Waals surface area (Å²) in [7, 11) is 0. The molecule has 1 aromatic carbocycles. The fourth-order valence-corrected chi connectivity index (χ4v) is 4.52. The highest BCUT2D eigenvalue weighted by atomic mass is 16.7. The molecule has 1 fully saturated rings. The number of carbonyl (C=O) groups is 7. The Morgan fingerprint density at radius 1 is 0.960 bits per heavy atom. The maximum Gasteiger partial charge on any atom is 0.335 e. The van der Waals surface area contributed by atoms with Gasteiger partial charge in [0.1, 0.15) is 36.7 Å². The van der Waals surface area contributed by atoms with Gasteiger partial charge in [-0.3, -0.25) is 33.7 Å². The van der Waals surface area contributed by atoms with E-state index in [0.717, 1.165) is 17.1 Å². The van der Waals surface area contributed by atoms with E-state index in [1.165, 1.54) is 25.1 Å². The lowest BCUT2D eigenvalue weighted by Gasteiger charge is -2.38. The van der Waals surface area contributed by atoms with Crippen LogP contribution in [0.25, 0.3) is 6.08 Å².